The topological polar surface area (TPSA) is 21.1 Å². The molecule has 3 nitrogen and oxygen atoms in total. The van der Waals surface area contributed by atoms with Crippen LogP contribution in [0.5, 0.6) is 0 Å². The van der Waals surface area contributed by atoms with Crippen LogP contribution in [0.25, 0.3) is 0 Å². The molecule has 1 aromatic heterocycles. The molecule has 1 saturated heterocycles. The average molecular weight is 344 g/mol. The van der Waals surface area contributed by atoms with Gasteiger partial charge >= 0.3 is 6.18 Å². The number of rotatable bonds is 4. The van der Waals surface area contributed by atoms with Crippen LogP contribution in [0, 0.1) is 5.92 Å². The molecule has 0 saturated carbocycles. The lowest BCUT2D eigenvalue weighted by molar-refractivity contribution is -0.138. The van der Waals surface area contributed by atoms with Crippen LogP contribution >= 0.6 is 11.6 Å². The van der Waals surface area contributed by atoms with E-state index in [4.69, 9.17) is 11.6 Å². The van der Waals surface area contributed by atoms with E-state index in [1.807, 2.05) is 29.2 Å². The van der Waals surface area contributed by atoms with Crippen molar-refractivity contribution in [3.63, 3.8) is 0 Å². The van der Waals surface area contributed by atoms with E-state index in [2.05, 4.69) is 5.10 Å². The monoisotopic (exact) mass is 343 g/mol. The van der Waals surface area contributed by atoms with E-state index < -0.39 is 11.7 Å². The summed E-state index contributed by atoms with van der Waals surface area (Å²) in [7, 11) is 1.55. The summed E-state index contributed by atoms with van der Waals surface area (Å²) in [6, 6.07) is 7.69. The second-order valence-electron chi connectivity index (χ2n) is 5.98. The van der Waals surface area contributed by atoms with Crippen molar-refractivity contribution in [3.05, 3.63) is 52.3 Å². The van der Waals surface area contributed by atoms with Gasteiger partial charge in [-0.3, -0.25) is 9.58 Å². The Morgan fingerprint density at radius 2 is 1.96 bits per heavy atom. The van der Waals surface area contributed by atoms with Crippen LogP contribution in [0.15, 0.2) is 30.5 Å². The number of benzene rings is 1. The first-order valence-corrected chi connectivity index (χ1v) is 7.76. The fraction of sp³-hybridized carbons (Fsp3) is 0.438. The second kappa shape index (κ2) is 6.17. The lowest BCUT2D eigenvalue weighted by Crippen LogP contribution is -2.47. The van der Waals surface area contributed by atoms with Crippen molar-refractivity contribution < 1.29 is 13.2 Å². The van der Waals surface area contributed by atoms with Gasteiger partial charge in [-0.15, -0.1) is 0 Å². The summed E-state index contributed by atoms with van der Waals surface area (Å²) in [5.41, 5.74) is 0.665. The van der Waals surface area contributed by atoms with E-state index in [0.717, 1.165) is 36.3 Å². The normalized spacial score (nSPS) is 16.6. The molecule has 0 atom stereocenters. The summed E-state index contributed by atoms with van der Waals surface area (Å²) in [6.45, 7) is 1.81. The number of aromatic nitrogens is 2. The van der Waals surface area contributed by atoms with Gasteiger partial charge in [0.25, 0.3) is 0 Å². The number of alkyl halides is 3. The molecule has 1 aliphatic heterocycles. The van der Waals surface area contributed by atoms with Crippen LogP contribution in [0.2, 0.25) is 5.02 Å². The Hall–Kier alpha value is -1.53. The van der Waals surface area contributed by atoms with Crippen LogP contribution in [0.1, 0.15) is 16.8 Å². The Balaban J connectivity index is 1.59. The molecular formula is C16H17ClF3N3. The number of aryl methyl sites for hydroxylation is 1. The highest BCUT2D eigenvalue weighted by molar-refractivity contribution is 6.31. The molecule has 0 amide bonds. The van der Waals surface area contributed by atoms with Gasteiger partial charge in [0.05, 0.1) is 17.5 Å². The molecule has 1 aliphatic rings. The predicted octanol–water partition coefficient (Wildman–Crippen LogP) is 3.77. The zero-order valence-electron chi connectivity index (χ0n) is 12.6. The van der Waals surface area contributed by atoms with Crippen molar-refractivity contribution in [3.8, 4) is 0 Å². The molecule has 7 heteroatoms. The third-order valence-corrected chi connectivity index (χ3v) is 4.61. The molecular weight excluding hydrogens is 327 g/mol. The third-order valence-electron chi connectivity index (χ3n) is 4.24. The van der Waals surface area contributed by atoms with Crippen molar-refractivity contribution >= 4 is 11.6 Å². The van der Waals surface area contributed by atoms with Crippen LogP contribution in [-0.2, 0) is 26.2 Å². The number of likely N-dealkylation sites (tertiary alicyclic amines) is 1. The van der Waals surface area contributed by atoms with Crippen LogP contribution in [0.4, 0.5) is 13.2 Å². The minimum atomic E-state index is -4.36. The van der Waals surface area contributed by atoms with E-state index in [1.54, 1.807) is 7.05 Å². The number of halogens is 4. The second-order valence-corrected chi connectivity index (χ2v) is 6.39. The SMILES string of the molecule is Cn1ncc(C(F)(F)F)c1CN1CC(Cc2ccccc2Cl)C1. The Morgan fingerprint density at radius 3 is 2.61 bits per heavy atom. The molecule has 0 spiro atoms. The molecule has 0 N–H and O–H groups in total. The minimum Gasteiger partial charge on any atom is -0.297 e. The fourth-order valence-electron chi connectivity index (χ4n) is 3.01. The lowest BCUT2D eigenvalue weighted by Gasteiger charge is -2.39. The first kappa shape index (κ1) is 16.3. The summed E-state index contributed by atoms with van der Waals surface area (Å²) >= 11 is 6.14. The highest BCUT2D eigenvalue weighted by atomic mass is 35.5. The quantitative estimate of drug-likeness (QED) is 0.842. The Kier molecular flexibility index (Phi) is 4.38. The third kappa shape index (κ3) is 3.53. The first-order valence-electron chi connectivity index (χ1n) is 7.38. The molecule has 0 bridgehead atoms. The van der Waals surface area contributed by atoms with Crippen molar-refractivity contribution in [2.24, 2.45) is 13.0 Å². The van der Waals surface area contributed by atoms with Gasteiger partial charge in [-0.2, -0.15) is 18.3 Å². The largest absolute Gasteiger partial charge is 0.419 e. The van der Waals surface area contributed by atoms with Gasteiger partial charge in [-0.05, 0) is 24.0 Å². The maximum absolute atomic E-state index is 13.0. The molecule has 0 radical (unpaired) electrons. The van der Waals surface area contributed by atoms with E-state index in [0.29, 0.717) is 5.92 Å². The van der Waals surface area contributed by atoms with Crippen molar-refractivity contribution in [2.45, 2.75) is 19.1 Å². The van der Waals surface area contributed by atoms with Gasteiger partial charge in [0.2, 0.25) is 0 Å². The molecule has 2 aromatic rings. The van der Waals surface area contributed by atoms with E-state index >= 15 is 0 Å². The van der Waals surface area contributed by atoms with Gasteiger partial charge < -0.3 is 0 Å². The summed E-state index contributed by atoms with van der Waals surface area (Å²) in [4.78, 5) is 2.01. The van der Waals surface area contributed by atoms with Crippen molar-refractivity contribution in [1.29, 1.82) is 0 Å². The molecule has 1 fully saturated rings. The fourth-order valence-corrected chi connectivity index (χ4v) is 3.22. The van der Waals surface area contributed by atoms with Gasteiger partial charge in [0, 0.05) is 31.7 Å². The molecule has 124 valence electrons. The van der Waals surface area contributed by atoms with Crippen LogP contribution in [0.3, 0.4) is 0 Å². The van der Waals surface area contributed by atoms with Crippen LogP contribution < -0.4 is 0 Å². The van der Waals surface area contributed by atoms with E-state index in [1.165, 1.54) is 4.68 Å². The standard InChI is InChI=1S/C16H17ClF3N3/c1-22-15(13(7-21-22)16(18,19)20)10-23-8-11(9-23)6-12-4-2-3-5-14(12)17/h2-5,7,11H,6,8-10H2,1H3. The van der Waals surface area contributed by atoms with Crippen molar-refractivity contribution in [1.82, 2.24) is 14.7 Å². The molecule has 2 heterocycles. The Morgan fingerprint density at radius 1 is 1.26 bits per heavy atom. The Labute approximate surface area is 137 Å². The maximum Gasteiger partial charge on any atom is 0.419 e. The maximum atomic E-state index is 13.0. The first-order chi connectivity index (χ1) is 10.8. The molecule has 0 unspecified atom stereocenters. The summed E-state index contributed by atoms with van der Waals surface area (Å²) in [5, 5.41) is 4.49. The van der Waals surface area contributed by atoms with Gasteiger partial charge in [-0.1, -0.05) is 29.8 Å². The van der Waals surface area contributed by atoms with Gasteiger partial charge in [0.15, 0.2) is 0 Å². The zero-order valence-corrected chi connectivity index (χ0v) is 13.4. The summed E-state index contributed by atoms with van der Waals surface area (Å²) in [6.07, 6.45) is -2.60. The number of hydrogen-bond acceptors (Lipinski definition) is 2. The molecule has 3 rings (SSSR count). The number of nitrogens with zero attached hydrogens (tertiary/aromatic N) is 3. The van der Waals surface area contributed by atoms with Crippen molar-refractivity contribution in [2.75, 3.05) is 13.1 Å². The predicted molar refractivity (Wildman–Crippen MR) is 82.1 cm³/mol. The van der Waals surface area contributed by atoms with E-state index in [9.17, 15) is 13.2 Å². The Bertz CT molecular complexity index is 690. The molecule has 1 aromatic carbocycles. The highest BCUT2D eigenvalue weighted by Crippen LogP contribution is 2.33. The summed E-state index contributed by atoms with van der Waals surface area (Å²) < 4.78 is 40.2. The van der Waals surface area contributed by atoms with Gasteiger partial charge in [-0.25, -0.2) is 0 Å². The number of hydrogen-bond donors (Lipinski definition) is 0. The van der Waals surface area contributed by atoms with E-state index in [-0.39, 0.29) is 12.2 Å². The summed E-state index contributed by atoms with van der Waals surface area (Å²) in [5.74, 6) is 0.428. The van der Waals surface area contributed by atoms with Crippen LogP contribution in [-0.4, -0.2) is 27.8 Å². The smallest absolute Gasteiger partial charge is 0.297 e. The molecule has 0 aliphatic carbocycles. The van der Waals surface area contributed by atoms with Gasteiger partial charge in [0.1, 0.15) is 0 Å². The molecule has 23 heavy (non-hydrogen) atoms. The lowest BCUT2D eigenvalue weighted by atomic mass is 9.92. The highest BCUT2D eigenvalue weighted by Gasteiger charge is 2.37. The average Bonchev–Trinajstić information content (AvgIpc) is 2.80. The zero-order chi connectivity index (χ0) is 16.6. The minimum absolute atomic E-state index is 0.216.